The highest BCUT2D eigenvalue weighted by Crippen LogP contribution is 2.18. The number of morpholine rings is 1. The lowest BCUT2D eigenvalue weighted by Gasteiger charge is -2.26. The Kier molecular flexibility index (Phi) is 6.97. The van der Waals surface area contributed by atoms with E-state index in [1.807, 2.05) is 18.2 Å². The van der Waals surface area contributed by atoms with Crippen LogP contribution in [0.4, 0.5) is 11.6 Å². The van der Waals surface area contributed by atoms with Crippen molar-refractivity contribution in [1.29, 1.82) is 0 Å². The number of ether oxygens (including phenoxy) is 1. The third-order valence-corrected chi connectivity index (χ3v) is 6.49. The van der Waals surface area contributed by atoms with Gasteiger partial charge in [0.05, 0.1) is 18.1 Å². The number of amides is 1. The van der Waals surface area contributed by atoms with Gasteiger partial charge in [-0.3, -0.25) is 9.69 Å². The van der Waals surface area contributed by atoms with Crippen LogP contribution in [-0.4, -0.2) is 55.5 Å². The molecular weight excluding hydrogens is 442 g/mol. The Bertz CT molecular complexity index is 1230. The summed E-state index contributed by atoms with van der Waals surface area (Å²) in [5.74, 6) is -0.259. The van der Waals surface area contributed by atoms with E-state index in [2.05, 4.69) is 24.9 Å². The summed E-state index contributed by atoms with van der Waals surface area (Å²) in [4.78, 5) is 23.0. The molecule has 2 aromatic carbocycles. The Labute approximate surface area is 192 Å². The van der Waals surface area contributed by atoms with Crippen LogP contribution >= 0.6 is 0 Å². The molecule has 1 saturated heterocycles. The average molecular weight is 468 g/mol. The van der Waals surface area contributed by atoms with Crippen LogP contribution in [-0.2, 0) is 21.3 Å². The van der Waals surface area contributed by atoms with Crippen LogP contribution in [0, 0.1) is 6.92 Å². The van der Waals surface area contributed by atoms with Gasteiger partial charge in [0, 0.05) is 42.8 Å². The number of carbonyl (C=O) groups is 1. The SMILES string of the molecule is Cc1ccnc(NS(=O)(=O)c2ccc(NC(=O)c3cccc(CN4CCOCC4)c3)cc2)n1. The number of carbonyl (C=O) groups excluding carboxylic acids is 1. The van der Waals surface area contributed by atoms with Crippen molar-refractivity contribution in [2.75, 3.05) is 36.3 Å². The monoisotopic (exact) mass is 467 g/mol. The molecule has 2 heterocycles. The number of anilines is 2. The number of hydrogen-bond donors (Lipinski definition) is 2. The Morgan fingerprint density at radius 3 is 2.58 bits per heavy atom. The van der Waals surface area contributed by atoms with Crippen molar-refractivity contribution in [2.45, 2.75) is 18.4 Å². The van der Waals surface area contributed by atoms with E-state index in [-0.39, 0.29) is 16.8 Å². The van der Waals surface area contributed by atoms with Crippen molar-refractivity contribution < 1.29 is 17.9 Å². The number of aryl methyl sites for hydroxylation is 1. The number of hydrogen-bond acceptors (Lipinski definition) is 7. The molecule has 0 bridgehead atoms. The molecule has 1 fully saturated rings. The van der Waals surface area contributed by atoms with Crippen LogP contribution in [0.3, 0.4) is 0 Å². The fraction of sp³-hybridized carbons (Fsp3) is 0.261. The summed E-state index contributed by atoms with van der Waals surface area (Å²) in [5.41, 5.74) is 2.73. The molecule has 0 radical (unpaired) electrons. The van der Waals surface area contributed by atoms with Gasteiger partial charge >= 0.3 is 0 Å². The Balaban J connectivity index is 1.40. The van der Waals surface area contributed by atoms with Crippen LogP contribution in [0.25, 0.3) is 0 Å². The second kappa shape index (κ2) is 10.1. The van der Waals surface area contributed by atoms with Gasteiger partial charge in [0.2, 0.25) is 5.95 Å². The third-order valence-electron chi connectivity index (χ3n) is 5.14. The summed E-state index contributed by atoms with van der Waals surface area (Å²) in [7, 11) is -3.85. The molecule has 1 aromatic heterocycles. The summed E-state index contributed by atoms with van der Waals surface area (Å²) in [6.45, 7) is 5.69. The largest absolute Gasteiger partial charge is 0.379 e. The van der Waals surface area contributed by atoms with Gasteiger partial charge in [-0.25, -0.2) is 23.1 Å². The van der Waals surface area contributed by atoms with E-state index < -0.39 is 10.0 Å². The predicted octanol–water partition coefficient (Wildman–Crippen LogP) is 2.67. The number of nitrogens with one attached hydrogen (secondary N) is 2. The zero-order chi connectivity index (χ0) is 23.3. The first kappa shape index (κ1) is 22.8. The fourth-order valence-corrected chi connectivity index (χ4v) is 4.38. The lowest BCUT2D eigenvalue weighted by atomic mass is 10.1. The van der Waals surface area contributed by atoms with E-state index in [0.717, 1.165) is 38.4 Å². The molecule has 172 valence electrons. The molecule has 0 atom stereocenters. The zero-order valence-corrected chi connectivity index (χ0v) is 19.0. The van der Waals surface area contributed by atoms with Crippen molar-refractivity contribution in [3.05, 3.63) is 77.6 Å². The van der Waals surface area contributed by atoms with E-state index in [1.54, 1.807) is 31.2 Å². The van der Waals surface area contributed by atoms with Gasteiger partial charge in [0.25, 0.3) is 15.9 Å². The minimum atomic E-state index is -3.85. The number of rotatable bonds is 7. The lowest BCUT2D eigenvalue weighted by molar-refractivity contribution is 0.0342. The molecular formula is C23H25N5O4S. The predicted molar refractivity (Wildman–Crippen MR) is 125 cm³/mol. The highest BCUT2D eigenvalue weighted by atomic mass is 32.2. The fourth-order valence-electron chi connectivity index (χ4n) is 3.43. The smallest absolute Gasteiger partial charge is 0.264 e. The minimum Gasteiger partial charge on any atom is -0.379 e. The first-order chi connectivity index (χ1) is 15.9. The molecule has 0 spiro atoms. The molecule has 1 aliphatic heterocycles. The second-order valence-corrected chi connectivity index (χ2v) is 9.38. The third kappa shape index (κ3) is 6.13. The Morgan fingerprint density at radius 2 is 1.85 bits per heavy atom. The molecule has 1 aliphatic rings. The first-order valence-electron chi connectivity index (χ1n) is 10.5. The van der Waals surface area contributed by atoms with Crippen molar-refractivity contribution in [3.63, 3.8) is 0 Å². The number of aromatic nitrogens is 2. The van der Waals surface area contributed by atoms with Crippen LogP contribution in [0.1, 0.15) is 21.6 Å². The van der Waals surface area contributed by atoms with Crippen LogP contribution in [0.15, 0.2) is 65.7 Å². The average Bonchev–Trinajstić information content (AvgIpc) is 2.80. The van der Waals surface area contributed by atoms with Crippen LogP contribution < -0.4 is 10.0 Å². The minimum absolute atomic E-state index is 0.00402. The molecule has 9 nitrogen and oxygen atoms in total. The molecule has 0 saturated carbocycles. The van der Waals surface area contributed by atoms with E-state index in [0.29, 0.717) is 16.9 Å². The molecule has 10 heteroatoms. The molecule has 3 aromatic rings. The number of sulfonamides is 1. The van der Waals surface area contributed by atoms with Crippen molar-refractivity contribution in [2.24, 2.45) is 0 Å². The van der Waals surface area contributed by atoms with E-state index in [9.17, 15) is 13.2 Å². The molecule has 4 rings (SSSR count). The van der Waals surface area contributed by atoms with Crippen molar-refractivity contribution >= 4 is 27.6 Å². The number of benzene rings is 2. The van der Waals surface area contributed by atoms with Crippen LogP contribution in [0.5, 0.6) is 0 Å². The summed E-state index contributed by atoms with van der Waals surface area (Å²) in [5, 5.41) is 2.81. The van der Waals surface area contributed by atoms with Crippen molar-refractivity contribution in [3.8, 4) is 0 Å². The van der Waals surface area contributed by atoms with Crippen LogP contribution in [0.2, 0.25) is 0 Å². The normalized spacial score (nSPS) is 14.6. The van der Waals surface area contributed by atoms with Crippen molar-refractivity contribution in [1.82, 2.24) is 14.9 Å². The molecule has 0 aliphatic carbocycles. The summed E-state index contributed by atoms with van der Waals surface area (Å²) < 4.78 is 32.9. The lowest BCUT2D eigenvalue weighted by Crippen LogP contribution is -2.35. The summed E-state index contributed by atoms with van der Waals surface area (Å²) in [6, 6.07) is 15.1. The van der Waals surface area contributed by atoms with Gasteiger partial charge in [0.1, 0.15) is 0 Å². The highest BCUT2D eigenvalue weighted by molar-refractivity contribution is 7.92. The van der Waals surface area contributed by atoms with Gasteiger partial charge in [0.15, 0.2) is 0 Å². The standard InChI is InChI=1S/C23H25N5O4S/c1-17-9-10-24-23(25-17)27-33(30,31)21-7-5-20(6-8-21)26-22(29)19-4-2-3-18(15-19)16-28-11-13-32-14-12-28/h2-10,15H,11-14,16H2,1H3,(H,26,29)(H,24,25,27). The maximum absolute atomic E-state index is 12.7. The van der Waals surface area contributed by atoms with Gasteiger partial charge < -0.3 is 10.1 Å². The maximum atomic E-state index is 12.7. The Hall–Kier alpha value is -3.34. The van der Waals surface area contributed by atoms with Gasteiger partial charge in [-0.2, -0.15) is 0 Å². The summed E-state index contributed by atoms with van der Waals surface area (Å²) in [6.07, 6.45) is 1.48. The van der Waals surface area contributed by atoms with E-state index in [1.165, 1.54) is 18.3 Å². The first-order valence-corrected chi connectivity index (χ1v) is 12.0. The Morgan fingerprint density at radius 1 is 1.09 bits per heavy atom. The zero-order valence-electron chi connectivity index (χ0n) is 18.2. The molecule has 0 unspecified atom stereocenters. The highest BCUT2D eigenvalue weighted by Gasteiger charge is 2.16. The maximum Gasteiger partial charge on any atom is 0.264 e. The topological polar surface area (TPSA) is 114 Å². The van der Waals surface area contributed by atoms with E-state index in [4.69, 9.17) is 4.74 Å². The second-order valence-electron chi connectivity index (χ2n) is 7.69. The summed E-state index contributed by atoms with van der Waals surface area (Å²) >= 11 is 0. The molecule has 2 N–H and O–H groups in total. The quantitative estimate of drug-likeness (QED) is 0.549. The number of nitrogens with zero attached hydrogens (tertiary/aromatic N) is 3. The van der Waals surface area contributed by atoms with Gasteiger partial charge in [-0.15, -0.1) is 0 Å². The molecule has 33 heavy (non-hydrogen) atoms. The molecule has 1 amide bonds. The van der Waals surface area contributed by atoms with E-state index >= 15 is 0 Å². The van der Waals surface area contributed by atoms with Gasteiger partial charge in [-0.1, -0.05) is 12.1 Å². The van der Waals surface area contributed by atoms with Gasteiger partial charge in [-0.05, 0) is 55.0 Å².